The summed E-state index contributed by atoms with van der Waals surface area (Å²) < 4.78 is 7.66. The van der Waals surface area contributed by atoms with Crippen molar-refractivity contribution >= 4 is 5.69 Å². The number of imidazole rings is 1. The van der Waals surface area contributed by atoms with E-state index in [9.17, 15) is 0 Å². The maximum atomic E-state index is 5.86. The van der Waals surface area contributed by atoms with Crippen LogP contribution in [0.15, 0.2) is 43.0 Å². The molecule has 0 fully saturated rings. The van der Waals surface area contributed by atoms with Gasteiger partial charge in [-0.2, -0.15) is 0 Å². The first-order chi connectivity index (χ1) is 8.86. The van der Waals surface area contributed by atoms with E-state index in [1.54, 1.807) is 6.20 Å². The van der Waals surface area contributed by atoms with Crippen LogP contribution >= 0.6 is 0 Å². The molecule has 2 N–H and O–H groups in total. The van der Waals surface area contributed by atoms with Crippen molar-refractivity contribution in [2.75, 3.05) is 18.9 Å². The molecular weight excluding hydrogens is 226 g/mol. The Labute approximate surface area is 107 Å². The number of para-hydroxylation sites is 1. The van der Waals surface area contributed by atoms with Crippen molar-refractivity contribution in [3.05, 3.63) is 48.5 Å². The molecular formula is C14H19N3O. The van der Waals surface area contributed by atoms with Gasteiger partial charge in [0.05, 0.1) is 12.9 Å². The van der Waals surface area contributed by atoms with Crippen molar-refractivity contribution < 1.29 is 4.74 Å². The molecule has 2 rings (SSSR count). The van der Waals surface area contributed by atoms with Gasteiger partial charge in [-0.1, -0.05) is 18.2 Å². The van der Waals surface area contributed by atoms with Crippen LogP contribution in [-0.2, 0) is 17.7 Å². The molecule has 18 heavy (non-hydrogen) atoms. The molecule has 0 aliphatic rings. The first-order valence-electron chi connectivity index (χ1n) is 6.23. The number of aromatic nitrogens is 2. The van der Waals surface area contributed by atoms with E-state index in [0.29, 0.717) is 0 Å². The van der Waals surface area contributed by atoms with Crippen molar-refractivity contribution in [2.45, 2.75) is 19.4 Å². The fourth-order valence-corrected chi connectivity index (χ4v) is 1.81. The van der Waals surface area contributed by atoms with Crippen LogP contribution in [-0.4, -0.2) is 22.8 Å². The monoisotopic (exact) mass is 245 g/mol. The molecule has 0 radical (unpaired) electrons. The van der Waals surface area contributed by atoms with Crippen LogP contribution in [0, 0.1) is 0 Å². The van der Waals surface area contributed by atoms with Crippen LogP contribution in [0.1, 0.15) is 12.0 Å². The number of aryl methyl sites for hydroxylation is 1. The number of nitrogens with two attached hydrogens (primary N) is 1. The minimum Gasteiger partial charge on any atom is -0.399 e. The highest BCUT2D eigenvalue weighted by Crippen LogP contribution is 2.10. The molecule has 1 heterocycles. The first kappa shape index (κ1) is 12.6. The molecule has 4 heteroatoms. The predicted molar refractivity (Wildman–Crippen MR) is 72.2 cm³/mol. The Kier molecular flexibility index (Phi) is 4.78. The van der Waals surface area contributed by atoms with E-state index in [2.05, 4.69) is 9.55 Å². The third-order valence-electron chi connectivity index (χ3n) is 2.84. The van der Waals surface area contributed by atoms with Crippen LogP contribution in [0.25, 0.3) is 0 Å². The summed E-state index contributed by atoms with van der Waals surface area (Å²) >= 11 is 0. The molecule has 4 nitrogen and oxygen atoms in total. The van der Waals surface area contributed by atoms with Crippen molar-refractivity contribution in [1.29, 1.82) is 0 Å². The predicted octanol–water partition coefficient (Wildman–Crippen LogP) is 2.11. The topological polar surface area (TPSA) is 53.1 Å². The number of hydrogen-bond acceptors (Lipinski definition) is 3. The number of nitrogen functional groups attached to an aromatic ring is 1. The van der Waals surface area contributed by atoms with E-state index in [1.807, 2.05) is 36.8 Å². The Bertz CT molecular complexity index is 454. The highest BCUT2D eigenvalue weighted by molar-refractivity contribution is 5.46. The molecule has 0 saturated heterocycles. The molecule has 96 valence electrons. The second kappa shape index (κ2) is 6.81. The molecule has 0 amide bonds. The molecule has 1 aromatic heterocycles. The largest absolute Gasteiger partial charge is 0.399 e. The lowest BCUT2D eigenvalue weighted by molar-refractivity contribution is 0.131. The van der Waals surface area contributed by atoms with Crippen molar-refractivity contribution in [3.8, 4) is 0 Å². The third kappa shape index (κ3) is 3.89. The Morgan fingerprint density at radius 2 is 2.11 bits per heavy atom. The lowest BCUT2D eigenvalue weighted by Crippen LogP contribution is -2.05. The number of ether oxygens (including phenoxy) is 1. The van der Waals surface area contributed by atoms with E-state index >= 15 is 0 Å². The van der Waals surface area contributed by atoms with Gasteiger partial charge in [-0.05, 0) is 24.5 Å². The molecule has 0 aliphatic heterocycles. The Morgan fingerprint density at radius 1 is 1.22 bits per heavy atom. The molecule has 0 unspecified atom stereocenters. The van der Waals surface area contributed by atoms with Gasteiger partial charge in [-0.25, -0.2) is 4.98 Å². The van der Waals surface area contributed by atoms with Gasteiger partial charge in [0.15, 0.2) is 0 Å². The highest BCUT2D eigenvalue weighted by atomic mass is 16.5. The van der Waals surface area contributed by atoms with Gasteiger partial charge in [0.25, 0.3) is 0 Å². The van der Waals surface area contributed by atoms with Gasteiger partial charge >= 0.3 is 0 Å². The molecule has 0 saturated carbocycles. The second-order valence-corrected chi connectivity index (χ2v) is 4.22. The fraction of sp³-hybridized carbons (Fsp3) is 0.357. The van der Waals surface area contributed by atoms with Crippen LogP contribution in [0.4, 0.5) is 5.69 Å². The zero-order chi connectivity index (χ0) is 12.6. The van der Waals surface area contributed by atoms with Crippen LogP contribution in [0.3, 0.4) is 0 Å². The minimum atomic E-state index is 0.720. The van der Waals surface area contributed by atoms with E-state index in [4.69, 9.17) is 10.5 Å². The lowest BCUT2D eigenvalue weighted by atomic mass is 10.1. The fourth-order valence-electron chi connectivity index (χ4n) is 1.81. The Balaban J connectivity index is 1.58. The van der Waals surface area contributed by atoms with Crippen molar-refractivity contribution in [2.24, 2.45) is 0 Å². The quantitative estimate of drug-likeness (QED) is 0.600. The molecule has 0 spiro atoms. The molecule has 0 aliphatic carbocycles. The SMILES string of the molecule is Nc1ccccc1CCOCCCn1ccnc1. The van der Waals surface area contributed by atoms with Gasteiger partial charge in [0, 0.05) is 31.2 Å². The van der Waals surface area contributed by atoms with Gasteiger partial charge in [0.2, 0.25) is 0 Å². The second-order valence-electron chi connectivity index (χ2n) is 4.22. The summed E-state index contributed by atoms with van der Waals surface area (Å²) in [6.45, 7) is 2.44. The zero-order valence-corrected chi connectivity index (χ0v) is 10.5. The smallest absolute Gasteiger partial charge is 0.0945 e. The first-order valence-corrected chi connectivity index (χ1v) is 6.23. The number of benzene rings is 1. The minimum absolute atomic E-state index is 0.720. The number of anilines is 1. The van der Waals surface area contributed by atoms with Crippen LogP contribution < -0.4 is 5.73 Å². The number of nitrogens with zero attached hydrogens (tertiary/aromatic N) is 2. The summed E-state index contributed by atoms with van der Waals surface area (Å²) in [6.07, 6.45) is 7.45. The van der Waals surface area contributed by atoms with Gasteiger partial charge < -0.3 is 15.0 Å². The van der Waals surface area contributed by atoms with Crippen LogP contribution in [0.5, 0.6) is 0 Å². The van der Waals surface area contributed by atoms with E-state index in [0.717, 1.165) is 43.9 Å². The molecule has 2 aromatic rings. The van der Waals surface area contributed by atoms with Gasteiger partial charge in [-0.3, -0.25) is 0 Å². The van der Waals surface area contributed by atoms with E-state index in [1.165, 1.54) is 0 Å². The van der Waals surface area contributed by atoms with Crippen molar-refractivity contribution in [3.63, 3.8) is 0 Å². The summed E-state index contributed by atoms with van der Waals surface area (Å²) in [6, 6.07) is 7.92. The number of hydrogen-bond donors (Lipinski definition) is 1. The number of rotatable bonds is 7. The average molecular weight is 245 g/mol. The maximum Gasteiger partial charge on any atom is 0.0945 e. The molecule has 1 aromatic carbocycles. The Hall–Kier alpha value is -1.81. The van der Waals surface area contributed by atoms with E-state index < -0.39 is 0 Å². The standard InChI is InChI=1S/C14H19N3O/c15-14-5-2-1-4-13(14)6-11-18-10-3-8-17-9-7-16-12-17/h1-2,4-5,7,9,12H,3,6,8,10-11,15H2. The summed E-state index contributed by atoms with van der Waals surface area (Å²) in [7, 11) is 0. The van der Waals surface area contributed by atoms with Gasteiger partial charge in [-0.15, -0.1) is 0 Å². The van der Waals surface area contributed by atoms with Gasteiger partial charge in [0.1, 0.15) is 0 Å². The molecule has 0 atom stereocenters. The molecule has 0 bridgehead atoms. The summed E-state index contributed by atoms with van der Waals surface area (Å²) in [5.74, 6) is 0. The van der Waals surface area contributed by atoms with Crippen LogP contribution in [0.2, 0.25) is 0 Å². The zero-order valence-electron chi connectivity index (χ0n) is 10.5. The summed E-state index contributed by atoms with van der Waals surface area (Å²) in [5.41, 5.74) is 7.87. The Morgan fingerprint density at radius 3 is 2.89 bits per heavy atom. The lowest BCUT2D eigenvalue weighted by Gasteiger charge is -2.07. The highest BCUT2D eigenvalue weighted by Gasteiger charge is 1.97. The summed E-state index contributed by atoms with van der Waals surface area (Å²) in [5, 5.41) is 0. The average Bonchev–Trinajstić information content (AvgIpc) is 2.89. The maximum absolute atomic E-state index is 5.86. The third-order valence-corrected chi connectivity index (χ3v) is 2.84. The van der Waals surface area contributed by atoms with Crippen molar-refractivity contribution in [1.82, 2.24) is 9.55 Å². The summed E-state index contributed by atoms with van der Waals surface area (Å²) in [4.78, 5) is 3.99. The normalized spacial score (nSPS) is 10.7. The van der Waals surface area contributed by atoms with E-state index in [-0.39, 0.29) is 0 Å².